The van der Waals surface area contributed by atoms with Crippen molar-refractivity contribution in [1.29, 1.82) is 0 Å². The number of rotatable bonds is 5. The highest BCUT2D eigenvalue weighted by molar-refractivity contribution is 7.80. The van der Waals surface area contributed by atoms with E-state index in [1.807, 2.05) is 0 Å². The van der Waals surface area contributed by atoms with E-state index in [1.54, 1.807) is 0 Å². The van der Waals surface area contributed by atoms with Gasteiger partial charge in [0.25, 0.3) is 0 Å². The van der Waals surface area contributed by atoms with Crippen LogP contribution < -0.4 is 0 Å². The van der Waals surface area contributed by atoms with Crippen LogP contribution in [0.5, 0.6) is 0 Å². The zero-order valence-electron chi connectivity index (χ0n) is 13.5. The lowest BCUT2D eigenvalue weighted by molar-refractivity contribution is 0.160. The smallest absolute Gasteiger partial charge is 0.160 e. The minimum Gasteiger partial charge on any atom is -0.484 e. The fourth-order valence-electron chi connectivity index (χ4n) is 3.01. The van der Waals surface area contributed by atoms with Crippen molar-refractivity contribution >= 4 is 17.3 Å². The van der Waals surface area contributed by atoms with E-state index in [2.05, 4.69) is 6.92 Å². The third kappa shape index (κ3) is 9.74. The molecule has 20 heavy (non-hydrogen) atoms. The Kier molecular flexibility index (Phi) is 11.3. The highest BCUT2D eigenvalue weighted by Crippen LogP contribution is 2.19. The van der Waals surface area contributed by atoms with Crippen molar-refractivity contribution in [3.8, 4) is 0 Å². The first-order valence-corrected chi connectivity index (χ1v) is 9.43. The molecule has 1 nitrogen and oxygen atoms in total. The van der Waals surface area contributed by atoms with E-state index in [4.69, 9.17) is 17.0 Å². The van der Waals surface area contributed by atoms with Gasteiger partial charge < -0.3 is 4.74 Å². The number of thiocarbonyl (C=S) groups is 1. The Morgan fingerprint density at radius 1 is 0.900 bits per heavy atom. The predicted molar refractivity (Wildman–Crippen MR) is 92.4 cm³/mol. The maximum absolute atomic E-state index is 6.08. The minimum atomic E-state index is 0.403. The monoisotopic (exact) mass is 298 g/mol. The number of hydrogen-bond donors (Lipinski definition) is 0. The molecule has 0 spiro atoms. The van der Waals surface area contributed by atoms with Gasteiger partial charge in [-0.15, -0.1) is 0 Å². The van der Waals surface area contributed by atoms with Crippen LogP contribution >= 0.6 is 12.2 Å². The topological polar surface area (TPSA) is 9.23 Å². The molecule has 1 saturated heterocycles. The fraction of sp³-hybridized carbons (Fsp3) is 0.944. The molecule has 0 aromatic rings. The third-order valence-corrected chi connectivity index (χ3v) is 4.64. The van der Waals surface area contributed by atoms with Crippen LogP contribution in [0.2, 0.25) is 0 Å². The SMILES string of the molecule is CCCCCCC1CCCCCCCCCCC(=S)O1. The van der Waals surface area contributed by atoms with Crippen molar-refractivity contribution in [3.05, 3.63) is 0 Å². The van der Waals surface area contributed by atoms with Gasteiger partial charge in [-0.05, 0) is 44.3 Å². The second-order valence-corrected chi connectivity index (χ2v) is 6.78. The van der Waals surface area contributed by atoms with Crippen LogP contribution in [-0.2, 0) is 4.74 Å². The Hall–Kier alpha value is -0.110. The van der Waals surface area contributed by atoms with E-state index >= 15 is 0 Å². The van der Waals surface area contributed by atoms with Gasteiger partial charge in [0.15, 0.2) is 5.05 Å². The molecule has 1 heterocycles. The van der Waals surface area contributed by atoms with Crippen molar-refractivity contribution in [2.45, 2.75) is 109 Å². The summed E-state index contributed by atoms with van der Waals surface area (Å²) in [6.45, 7) is 2.27. The molecule has 2 heteroatoms. The molecule has 0 radical (unpaired) electrons. The fourth-order valence-corrected chi connectivity index (χ4v) is 3.29. The van der Waals surface area contributed by atoms with Crippen LogP contribution in [0.25, 0.3) is 0 Å². The van der Waals surface area contributed by atoms with Crippen LogP contribution in [0.4, 0.5) is 0 Å². The molecular formula is C18H34OS. The van der Waals surface area contributed by atoms with E-state index in [1.165, 1.54) is 89.9 Å². The number of unbranched alkanes of at least 4 members (excludes halogenated alkanes) is 3. The van der Waals surface area contributed by atoms with Crippen LogP contribution in [0.1, 0.15) is 103 Å². The molecule has 0 amide bonds. The summed E-state index contributed by atoms with van der Waals surface area (Å²) in [7, 11) is 0. The molecular weight excluding hydrogens is 264 g/mol. The molecule has 1 aliphatic heterocycles. The zero-order valence-corrected chi connectivity index (χ0v) is 14.3. The largest absolute Gasteiger partial charge is 0.484 e. The molecule has 1 rings (SSSR count). The summed E-state index contributed by atoms with van der Waals surface area (Å²) in [6, 6.07) is 0. The maximum atomic E-state index is 6.08. The van der Waals surface area contributed by atoms with Gasteiger partial charge in [-0.2, -0.15) is 0 Å². The molecule has 0 bridgehead atoms. The Labute approximate surface area is 131 Å². The lowest BCUT2D eigenvalue weighted by Gasteiger charge is -2.19. The summed E-state index contributed by atoms with van der Waals surface area (Å²) in [6.07, 6.45) is 20.0. The minimum absolute atomic E-state index is 0.403. The molecule has 0 aromatic heterocycles. The summed E-state index contributed by atoms with van der Waals surface area (Å²) < 4.78 is 6.08. The van der Waals surface area contributed by atoms with Crippen LogP contribution in [0.15, 0.2) is 0 Å². The quantitative estimate of drug-likeness (QED) is 0.418. The first kappa shape index (κ1) is 17.9. The zero-order chi connectivity index (χ0) is 14.5. The van der Waals surface area contributed by atoms with E-state index in [0.29, 0.717) is 6.10 Å². The van der Waals surface area contributed by atoms with Crippen molar-refractivity contribution < 1.29 is 4.74 Å². The maximum Gasteiger partial charge on any atom is 0.160 e. The van der Waals surface area contributed by atoms with Gasteiger partial charge in [0.1, 0.15) is 0 Å². The second kappa shape index (κ2) is 12.6. The summed E-state index contributed by atoms with van der Waals surface area (Å²) >= 11 is 5.43. The number of hydrogen-bond acceptors (Lipinski definition) is 2. The molecule has 1 fully saturated rings. The Morgan fingerprint density at radius 2 is 1.55 bits per heavy atom. The van der Waals surface area contributed by atoms with Gasteiger partial charge in [-0.1, -0.05) is 64.7 Å². The standard InChI is InChI=1S/C18H34OS/c1-2-3-4-11-14-17-15-12-9-7-5-6-8-10-13-16-18(20)19-17/h17H,2-16H2,1H3. The van der Waals surface area contributed by atoms with Crippen LogP contribution in [-0.4, -0.2) is 11.2 Å². The van der Waals surface area contributed by atoms with Gasteiger partial charge in [-0.3, -0.25) is 0 Å². The van der Waals surface area contributed by atoms with Crippen molar-refractivity contribution in [1.82, 2.24) is 0 Å². The average molecular weight is 299 g/mol. The second-order valence-electron chi connectivity index (χ2n) is 6.33. The van der Waals surface area contributed by atoms with Crippen molar-refractivity contribution in [2.75, 3.05) is 0 Å². The normalized spacial score (nSPS) is 23.2. The molecule has 0 aromatic carbocycles. The molecule has 0 N–H and O–H groups in total. The summed E-state index contributed by atoms with van der Waals surface area (Å²) in [4.78, 5) is 0. The van der Waals surface area contributed by atoms with E-state index in [0.717, 1.165) is 11.5 Å². The summed E-state index contributed by atoms with van der Waals surface area (Å²) in [5.74, 6) is 0. The van der Waals surface area contributed by atoms with E-state index in [9.17, 15) is 0 Å². The molecule has 0 saturated carbocycles. The number of ether oxygens (including phenoxy) is 1. The lowest BCUT2D eigenvalue weighted by atomic mass is 10.0. The predicted octanol–water partition coefficient (Wildman–Crippen LogP) is 6.58. The lowest BCUT2D eigenvalue weighted by Crippen LogP contribution is -2.17. The highest BCUT2D eigenvalue weighted by atomic mass is 32.1. The van der Waals surface area contributed by atoms with Crippen molar-refractivity contribution in [3.63, 3.8) is 0 Å². The van der Waals surface area contributed by atoms with Crippen LogP contribution in [0.3, 0.4) is 0 Å². The first-order chi connectivity index (χ1) is 9.83. The third-order valence-electron chi connectivity index (χ3n) is 4.33. The Balaban J connectivity index is 2.31. The molecule has 1 atom stereocenters. The average Bonchev–Trinajstić information content (AvgIpc) is 2.46. The van der Waals surface area contributed by atoms with Gasteiger partial charge in [0.2, 0.25) is 0 Å². The molecule has 0 aliphatic carbocycles. The summed E-state index contributed by atoms with van der Waals surface area (Å²) in [5, 5.41) is 0.879. The highest BCUT2D eigenvalue weighted by Gasteiger charge is 2.12. The van der Waals surface area contributed by atoms with Gasteiger partial charge >= 0.3 is 0 Å². The summed E-state index contributed by atoms with van der Waals surface area (Å²) in [5.41, 5.74) is 0. The van der Waals surface area contributed by atoms with Gasteiger partial charge in [0.05, 0.1) is 6.10 Å². The Morgan fingerprint density at radius 3 is 2.25 bits per heavy atom. The van der Waals surface area contributed by atoms with Crippen molar-refractivity contribution in [2.24, 2.45) is 0 Å². The van der Waals surface area contributed by atoms with Gasteiger partial charge in [0, 0.05) is 6.42 Å². The first-order valence-electron chi connectivity index (χ1n) is 9.02. The molecule has 1 aliphatic rings. The van der Waals surface area contributed by atoms with E-state index in [-0.39, 0.29) is 0 Å². The van der Waals surface area contributed by atoms with E-state index < -0.39 is 0 Å². The Bertz CT molecular complexity index is 240. The van der Waals surface area contributed by atoms with Gasteiger partial charge in [-0.25, -0.2) is 0 Å². The molecule has 1 unspecified atom stereocenters. The van der Waals surface area contributed by atoms with Crippen LogP contribution in [0, 0.1) is 0 Å². The molecule has 118 valence electrons.